The molecule has 16 heavy (non-hydrogen) atoms. The average molecular weight is 221 g/mol. The predicted molar refractivity (Wildman–Crippen MR) is 53.0 cm³/mol. The van der Waals surface area contributed by atoms with Gasteiger partial charge >= 0.3 is 6.03 Å². The van der Waals surface area contributed by atoms with Gasteiger partial charge in [0.15, 0.2) is 5.76 Å². The Morgan fingerprint density at radius 3 is 3.44 bits per heavy atom. The molecular formula is C10H11N3O3. The molecule has 1 aromatic heterocycles. The Morgan fingerprint density at radius 2 is 2.62 bits per heavy atom. The second kappa shape index (κ2) is 3.34. The van der Waals surface area contributed by atoms with Gasteiger partial charge in [0, 0.05) is 5.56 Å². The van der Waals surface area contributed by atoms with Gasteiger partial charge in [-0.3, -0.25) is 4.84 Å². The highest BCUT2D eigenvalue weighted by Gasteiger charge is 2.45. The molecule has 6 nitrogen and oxygen atoms in total. The maximum absolute atomic E-state index is 11.9. The van der Waals surface area contributed by atoms with Crippen molar-refractivity contribution < 1.29 is 14.2 Å². The molecule has 1 unspecified atom stereocenters. The van der Waals surface area contributed by atoms with Crippen molar-refractivity contribution in [3.63, 3.8) is 0 Å². The lowest BCUT2D eigenvalue weighted by Gasteiger charge is -2.20. The van der Waals surface area contributed by atoms with E-state index in [1.807, 2.05) is 0 Å². The number of aromatic nitrogens is 1. The first kappa shape index (κ1) is 9.41. The minimum atomic E-state index is -0.127. The van der Waals surface area contributed by atoms with Crippen molar-refractivity contribution in [2.24, 2.45) is 0 Å². The van der Waals surface area contributed by atoms with Crippen molar-refractivity contribution >= 4 is 6.03 Å². The number of fused-ring (bicyclic) bond motifs is 4. The van der Waals surface area contributed by atoms with Crippen molar-refractivity contribution in [3.8, 4) is 0 Å². The third-order valence-corrected chi connectivity index (χ3v) is 2.84. The zero-order chi connectivity index (χ0) is 11.1. The van der Waals surface area contributed by atoms with Crippen LogP contribution in [-0.2, 0) is 11.4 Å². The summed E-state index contributed by atoms with van der Waals surface area (Å²) in [5, 5.41) is 5.13. The lowest BCUT2D eigenvalue weighted by Crippen LogP contribution is -2.30. The molecule has 2 aliphatic rings. The first-order valence-electron chi connectivity index (χ1n) is 5.06. The van der Waals surface area contributed by atoms with Gasteiger partial charge in [0.05, 0.1) is 25.9 Å². The fraction of sp³-hybridized carbons (Fsp3) is 0.400. The van der Waals surface area contributed by atoms with Crippen LogP contribution in [0.2, 0.25) is 0 Å². The zero-order valence-corrected chi connectivity index (χ0v) is 8.63. The number of hydroxylamine groups is 2. The van der Waals surface area contributed by atoms with Gasteiger partial charge in [-0.1, -0.05) is 11.2 Å². The molecule has 1 aromatic rings. The lowest BCUT2D eigenvalue weighted by atomic mass is 10.1. The largest absolute Gasteiger partial charge is 0.359 e. The summed E-state index contributed by atoms with van der Waals surface area (Å²) >= 11 is 0. The van der Waals surface area contributed by atoms with Gasteiger partial charge in [-0.2, -0.15) is 5.06 Å². The Hall–Kier alpha value is -1.82. The smallest absolute Gasteiger partial charge is 0.345 e. The van der Waals surface area contributed by atoms with E-state index in [1.54, 1.807) is 17.2 Å². The Kier molecular flexibility index (Phi) is 1.97. The fourth-order valence-corrected chi connectivity index (χ4v) is 2.11. The average Bonchev–Trinajstić information content (AvgIpc) is 2.84. The van der Waals surface area contributed by atoms with Crippen LogP contribution in [0.1, 0.15) is 17.4 Å². The van der Waals surface area contributed by atoms with E-state index < -0.39 is 0 Å². The Morgan fingerprint density at radius 1 is 1.75 bits per heavy atom. The van der Waals surface area contributed by atoms with E-state index in [2.05, 4.69) is 11.7 Å². The summed E-state index contributed by atoms with van der Waals surface area (Å²) < 4.78 is 5.09. The molecule has 0 spiro atoms. The molecule has 0 saturated carbocycles. The second-order valence-corrected chi connectivity index (χ2v) is 3.79. The number of carbonyl (C=O) groups excluding carboxylic acids is 1. The van der Waals surface area contributed by atoms with Crippen molar-refractivity contribution in [2.45, 2.75) is 12.6 Å². The Bertz CT molecular complexity index is 442. The van der Waals surface area contributed by atoms with Crippen LogP contribution < -0.4 is 0 Å². The quantitative estimate of drug-likeness (QED) is 0.717. The molecule has 0 N–H and O–H groups in total. The van der Waals surface area contributed by atoms with Gasteiger partial charge < -0.3 is 9.42 Å². The van der Waals surface area contributed by atoms with Gasteiger partial charge in [-0.25, -0.2) is 4.79 Å². The Labute approximate surface area is 92.0 Å². The van der Waals surface area contributed by atoms with E-state index >= 15 is 0 Å². The summed E-state index contributed by atoms with van der Waals surface area (Å²) in [7, 11) is 0. The van der Waals surface area contributed by atoms with Gasteiger partial charge in [-0.15, -0.1) is 6.58 Å². The molecule has 0 radical (unpaired) electrons. The van der Waals surface area contributed by atoms with E-state index in [1.165, 1.54) is 5.06 Å². The van der Waals surface area contributed by atoms with Crippen LogP contribution in [0, 0.1) is 0 Å². The number of amides is 2. The number of urea groups is 1. The van der Waals surface area contributed by atoms with Crippen molar-refractivity contribution in [1.29, 1.82) is 0 Å². The van der Waals surface area contributed by atoms with E-state index in [0.717, 1.165) is 11.3 Å². The molecule has 3 rings (SSSR count). The van der Waals surface area contributed by atoms with Crippen LogP contribution >= 0.6 is 0 Å². The number of hydrogen-bond donors (Lipinski definition) is 0. The van der Waals surface area contributed by atoms with Crippen molar-refractivity contribution in [1.82, 2.24) is 15.1 Å². The molecule has 3 heterocycles. The topological polar surface area (TPSA) is 58.8 Å². The lowest BCUT2D eigenvalue weighted by molar-refractivity contribution is -0.118. The minimum Gasteiger partial charge on any atom is -0.359 e. The first-order valence-corrected chi connectivity index (χ1v) is 5.06. The standard InChI is InChI=1S/C10H11N3O3/c1-2-3-15-13-8-5-12(10(13)14)6-9-7(8)4-11-16-9/h2,4,8H,1,3,5-6H2. The number of nitrogens with zero attached hydrogens (tertiary/aromatic N) is 3. The number of hydrogen-bond acceptors (Lipinski definition) is 4. The molecule has 1 saturated heterocycles. The van der Waals surface area contributed by atoms with Crippen LogP contribution in [0.15, 0.2) is 23.4 Å². The molecular weight excluding hydrogens is 210 g/mol. The summed E-state index contributed by atoms with van der Waals surface area (Å²) in [6.07, 6.45) is 3.26. The van der Waals surface area contributed by atoms with Crippen molar-refractivity contribution in [3.05, 3.63) is 30.2 Å². The van der Waals surface area contributed by atoms with E-state index in [0.29, 0.717) is 19.7 Å². The van der Waals surface area contributed by atoms with Crippen LogP contribution in [0.5, 0.6) is 0 Å². The molecule has 2 bridgehead atoms. The molecule has 2 aliphatic heterocycles. The molecule has 1 fully saturated rings. The monoisotopic (exact) mass is 221 g/mol. The Balaban J connectivity index is 1.92. The van der Waals surface area contributed by atoms with Crippen LogP contribution in [0.4, 0.5) is 4.79 Å². The zero-order valence-electron chi connectivity index (χ0n) is 8.63. The minimum absolute atomic E-state index is 0.109. The number of rotatable bonds is 3. The number of carbonyl (C=O) groups is 1. The van der Waals surface area contributed by atoms with E-state index in [4.69, 9.17) is 9.36 Å². The SMILES string of the molecule is C=CCON1C(=O)N2Cc3oncc3C1C2. The molecule has 0 aliphatic carbocycles. The van der Waals surface area contributed by atoms with Gasteiger partial charge in [-0.05, 0) is 0 Å². The van der Waals surface area contributed by atoms with E-state index in [9.17, 15) is 4.79 Å². The second-order valence-electron chi connectivity index (χ2n) is 3.79. The molecule has 2 amide bonds. The highest BCUT2D eigenvalue weighted by Crippen LogP contribution is 2.37. The normalized spacial score (nSPS) is 22.5. The highest BCUT2D eigenvalue weighted by molar-refractivity contribution is 5.77. The van der Waals surface area contributed by atoms with Gasteiger partial charge in [0.25, 0.3) is 0 Å². The van der Waals surface area contributed by atoms with Crippen LogP contribution in [-0.4, -0.2) is 34.3 Å². The summed E-state index contributed by atoms with van der Waals surface area (Å²) in [6.45, 7) is 4.98. The maximum atomic E-state index is 11.9. The van der Waals surface area contributed by atoms with E-state index in [-0.39, 0.29) is 12.1 Å². The summed E-state index contributed by atoms with van der Waals surface area (Å²) in [6, 6.07) is -0.235. The maximum Gasteiger partial charge on any atom is 0.345 e. The third-order valence-electron chi connectivity index (χ3n) is 2.84. The predicted octanol–water partition coefficient (Wildman–Crippen LogP) is 1.08. The van der Waals surface area contributed by atoms with Gasteiger partial charge in [0.1, 0.15) is 6.04 Å². The van der Waals surface area contributed by atoms with Crippen molar-refractivity contribution in [2.75, 3.05) is 13.2 Å². The highest BCUT2D eigenvalue weighted by atomic mass is 16.7. The fourth-order valence-electron chi connectivity index (χ4n) is 2.11. The molecule has 84 valence electrons. The summed E-state index contributed by atoms with van der Waals surface area (Å²) in [4.78, 5) is 18.9. The molecule has 0 aromatic carbocycles. The summed E-state index contributed by atoms with van der Waals surface area (Å²) in [5.41, 5.74) is 0.936. The van der Waals surface area contributed by atoms with Crippen LogP contribution in [0.3, 0.4) is 0 Å². The molecule has 1 atom stereocenters. The third kappa shape index (κ3) is 1.16. The molecule has 6 heteroatoms. The summed E-state index contributed by atoms with van der Waals surface area (Å²) in [5.74, 6) is 0.745. The van der Waals surface area contributed by atoms with Gasteiger partial charge in [0.2, 0.25) is 0 Å². The first-order chi connectivity index (χ1) is 7.81. The van der Waals surface area contributed by atoms with Crippen LogP contribution in [0.25, 0.3) is 0 Å².